The number of benzene rings is 2. The molecule has 0 aliphatic carbocycles. The number of aromatic nitrogens is 2. The number of rotatable bonds is 7. The summed E-state index contributed by atoms with van der Waals surface area (Å²) < 4.78 is 6.78. The minimum Gasteiger partial charge on any atom is -0.462 e. The highest BCUT2D eigenvalue weighted by molar-refractivity contribution is 5.94. The third kappa shape index (κ3) is 5.65. The largest absolute Gasteiger partial charge is 0.462 e. The molecular formula is C23H23N3O3. The van der Waals surface area contributed by atoms with Crippen LogP contribution in [0.4, 0.5) is 0 Å². The van der Waals surface area contributed by atoms with Crippen LogP contribution in [0.25, 0.3) is 23.0 Å². The van der Waals surface area contributed by atoms with Gasteiger partial charge in [0.15, 0.2) is 0 Å². The lowest BCUT2D eigenvalue weighted by Gasteiger charge is -2.07. The van der Waals surface area contributed by atoms with Crippen LogP contribution in [0.5, 0.6) is 0 Å². The molecule has 3 rings (SSSR count). The van der Waals surface area contributed by atoms with Crippen LogP contribution in [0.2, 0.25) is 0 Å². The van der Waals surface area contributed by atoms with Crippen LogP contribution in [-0.2, 0) is 14.3 Å². The molecule has 1 amide bonds. The number of hydrogen-bond acceptors (Lipinski definition) is 4. The quantitative estimate of drug-likeness (QED) is 0.495. The number of amides is 1. The topological polar surface area (TPSA) is 73.2 Å². The van der Waals surface area contributed by atoms with Gasteiger partial charge in [-0.25, -0.2) is 4.68 Å². The first kappa shape index (κ1) is 20.1. The Labute approximate surface area is 169 Å². The number of ether oxygens (including phenoxy) is 1. The first-order valence-corrected chi connectivity index (χ1v) is 9.39. The summed E-state index contributed by atoms with van der Waals surface area (Å²) in [5.74, 6) is -0.846. The molecule has 0 saturated carbocycles. The summed E-state index contributed by atoms with van der Waals surface area (Å²) in [5, 5.41) is 7.22. The van der Waals surface area contributed by atoms with Gasteiger partial charge in [-0.2, -0.15) is 5.10 Å². The first-order chi connectivity index (χ1) is 14.0. The summed E-state index contributed by atoms with van der Waals surface area (Å²) in [6.07, 6.45) is 4.74. The fourth-order valence-electron chi connectivity index (χ4n) is 2.73. The summed E-state index contributed by atoms with van der Waals surface area (Å²) in [6, 6.07) is 19.5. The molecule has 0 saturated heterocycles. The van der Waals surface area contributed by atoms with E-state index in [1.807, 2.05) is 66.9 Å². The molecule has 0 radical (unpaired) electrons. The second kappa shape index (κ2) is 9.50. The van der Waals surface area contributed by atoms with Crippen molar-refractivity contribution in [2.24, 2.45) is 0 Å². The second-order valence-corrected chi connectivity index (χ2v) is 6.67. The maximum Gasteiger partial charge on any atom is 0.325 e. The fourth-order valence-corrected chi connectivity index (χ4v) is 2.73. The highest BCUT2D eigenvalue weighted by atomic mass is 16.5. The number of hydrogen-bond donors (Lipinski definition) is 1. The first-order valence-electron chi connectivity index (χ1n) is 9.39. The van der Waals surface area contributed by atoms with E-state index in [0.717, 1.165) is 22.5 Å². The number of para-hydroxylation sites is 1. The van der Waals surface area contributed by atoms with Crippen molar-refractivity contribution < 1.29 is 14.3 Å². The van der Waals surface area contributed by atoms with Crippen molar-refractivity contribution in [3.8, 4) is 16.9 Å². The van der Waals surface area contributed by atoms with E-state index in [9.17, 15) is 9.59 Å². The summed E-state index contributed by atoms with van der Waals surface area (Å²) in [6.45, 7) is 3.35. The van der Waals surface area contributed by atoms with Crippen LogP contribution in [0.1, 0.15) is 19.4 Å². The van der Waals surface area contributed by atoms with Crippen molar-refractivity contribution in [3.05, 3.63) is 78.5 Å². The number of nitrogens with one attached hydrogen (secondary N) is 1. The average molecular weight is 389 g/mol. The normalized spacial score (nSPS) is 11.0. The Bertz CT molecular complexity index is 993. The third-order valence-corrected chi connectivity index (χ3v) is 4.00. The molecule has 3 aromatic rings. The minimum atomic E-state index is -0.469. The Hall–Kier alpha value is -3.67. The van der Waals surface area contributed by atoms with Crippen molar-refractivity contribution in [1.29, 1.82) is 0 Å². The Morgan fingerprint density at radius 2 is 1.72 bits per heavy atom. The Balaban J connectivity index is 1.80. The predicted molar refractivity (Wildman–Crippen MR) is 112 cm³/mol. The molecule has 1 aromatic heterocycles. The number of nitrogens with zero attached hydrogens (tertiary/aromatic N) is 2. The van der Waals surface area contributed by atoms with E-state index in [2.05, 4.69) is 5.32 Å². The van der Waals surface area contributed by atoms with E-state index in [1.165, 1.54) is 6.08 Å². The average Bonchev–Trinajstić information content (AvgIpc) is 3.16. The number of esters is 1. The summed E-state index contributed by atoms with van der Waals surface area (Å²) >= 11 is 0. The van der Waals surface area contributed by atoms with E-state index in [1.54, 1.807) is 24.6 Å². The van der Waals surface area contributed by atoms with Crippen molar-refractivity contribution in [2.75, 3.05) is 6.54 Å². The van der Waals surface area contributed by atoms with Gasteiger partial charge >= 0.3 is 5.97 Å². The number of carbonyl (C=O) groups excluding carboxylic acids is 2. The molecule has 0 aliphatic heterocycles. The van der Waals surface area contributed by atoms with Crippen LogP contribution in [-0.4, -0.2) is 34.3 Å². The molecule has 0 spiro atoms. The molecule has 2 aromatic carbocycles. The molecule has 148 valence electrons. The minimum absolute atomic E-state index is 0.170. The summed E-state index contributed by atoms with van der Waals surface area (Å²) in [5.41, 5.74) is 3.42. The molecular weight excluding hydrogens is 366 g/mol. The monoisotopic (exact) mass is 389 g/mol. The van der Waals surface area contributed by atoms with Crippen molar-refractivity contribution >= 4 is 18.0 Å². The molecule has 6 nitrogen and oxygen atoms in total. The standard InChI is InChI=1S/C23H23N3O3/c1-17(2)29-22(28)15-24-21(27)14-13-19-16-26(20-11-7-4-8-12-20)25-23(19)18-9-5-3-6-10-18/h3-14,16-17H,15H2,1-2H3,(H,24,27)/b14-13+. The van der Waals surface area contributed by atoms with Crippen molar-refractivity contribution in [3.63, 3.8) is 0 Å². The van der Waals surface area contributed by atoms with E-state index in [4.69, 9.17) is 9.84 Å². The van der Waals surface area contributed by atoms with Gasteiger partial charge in [0.05, 0.1) is 17.5 Å². The van der Waals surface area contributed by atoms with Gasteiger partial charge in [0, 0.05) is 23.4 Å². The predicted octanol–water partition coefficient (Wildman–Crippen LogP) is 3.62. The van der Waals surface area contributed by atoms with Gasteiger partial charge in [-0.3, -0.25) is 9.59 Å². The SMILES string of the molecule is CC(C)OC(=O)CNC(=O)/C=C/c1cn(-c2ccccc2)nc1-c1ccccc1. The van der Waals surface area contributed by atoms with Gasteiger partial charge in [0.1, 0.15) is 6.54 Å². The number of carbonyl (C=O) groups is 2. The van der Waals surface area contributed by atoms with Crippen LogP contribution in [0.15, 0.2) is 72.9 Å². The van der Waals surface area contributed by atoms with Crippen LogP contribution < -0.4 is 5.32 Å². The lowest BCUT2D eigenvalue weighted by Crippen LogP contribution is -2.30. The zero-order valence-electron chi connectivity index (χ0n) is 16.4. The molecule has 1 N–H and O–H groups in total. The molecule has 6 heteroatoms. The summed E-state index contributed by atoms with van der Waals surface area (Å²) in [4.78, 5) is 23.7. The zero-order valence-corrected chi connectivity index (χ0v) is 16.4. The van der Waals surface area contributed by atoms with E-state index < -0.39 is 5.97 Å². The van der Waals surface area contributed by atoms with E-state index in [0.29, 0.717) is 0 Å². The van der Waals surface area contributed by atoms with Gasteiger partial charge in [-0.1, -0.05) is 48.5 Å². The van der Waals surface area contributed by atoms with Crippen LogP contribution >= 0.6 is 0 Å². The molecule has 0 bridgehead atoms. The molecule has 29 heavy (non-hydrogen) atoms. The maximum atomic E-state index is 12.1. The van der Waals surface area contributed by atoms with E-state index >= 15 is 0 Å². The molecule has 0 unspecified atom stereocenters. The third-order valence-electron chi connectivity index (χ3n) is 4.00. The molecule has 0 aliphatic rings. The Morgan fingerprint density at radius 3 is 2.38 bits per heavy atom. The highest BCUT2D eigenvalue weighted by Gasteiger charge is 2.11. The van der Waals surface area contributed by atoms with Crippen LogP contribution in [0, 0.1) is 0 Å². The Morgan fingerprint density at radius 1 is 1.07 bits per heavy atom. The van der Waals surface area contributed by atoms with Gasteiger partial charge in [-0.05, 0) is 32.1 Å². The smallest absolute Gasteiger partial charge is 0.325 e. The van der Waals surface area contributed by atoms with Crippen molar-refractivity contribution in [1.82, 2.24) is 15.1 Å². The van der Waals surface area contributed by atoms with Gasteiger partial charge in [0.2, 0.25) is 5.91 Å². The zero-order chi connectivity index (χ0) is 20.6. The maximum absolute atomic E-state index is 12.1. The lowest BCUT2D eigenvalue weighted by molar-refractivity contribution is -0.147. The molecule has 0 fully saturated rings. The van der Waals surface area contributed by atoms with Gasteiger partial charge < -0.3 is 10.1 Å². The van der Waals surface area contributed by atoms with Gasteiger partial charge in [0.25, 0.3) is 0 Å². The summed E-state index contributed by atoms with van der Waals surface area (Å²) in [7, 11) is 0. The van der Waals surface area contributed by atoms with Crippen LogP contribution in [0.3, 0.4) is 0 Å². The molecule has 0 atom stereocenters. The Kier molecular flexibility index (Phi) is 6.58. The molecule has 1 heterocycles. The van der Waals surface area contributed by atoms with Crippen molar-refractivity contribution in [2.45, 2.75) is 20.0 Å². The second-order valence-electron chi connectivity index (χ2n) is 6.67. The lowest BCUT2D eigenvalue weighted by atomic mass is 10.1. The highest BCUT2D eigenvalue weighted by Crippen LogP contribution is 2.24. The fraction of sp³-hybridized carbons (Fsp3) is 0.174. The van der Waals surface area contributed by atoms with E-state index in [-0.39, 0.29) is 18.6 Å². The van der Waals surface area contributed by atoms with Gasteiger partial charge in [-0.15, -0.1) is 0 Å².